The van der Waals surface area contributed by atoms with Crippen molar-refractivity contribution in [2.24, 2.45) is 11.7 Å². The van der Waals surface area contributed by atoms with E-state index in [4.69, 9.17) is 11.7 Å². The minimum atomic E-state index is 0.329. The van der Waals surface area contributed by atoms with Crippen molar-refractivity contribution in [3.05, 3.63) is 12.3 Å². The molecule has 0 fully saturated rings. The van der Waals surface area contributed by atoms with Crippen molar-refractivity contribution in [1.82, 2.24) is 9.97 Å². The van der Waals surface area contributed by atoms with Gasteiger partial charge in [0.05, 0.1) is 0 Å². The monoisotopic (exact) mass is 140 g/mol. The van der Waals surface area contributed by atoms with Gasteiger partial charge in [-0.1, -0.05) is 0 Å². The average Bonchev–Trinajstić information content (AvgIpc) is 2.05. The van der Waals surface area contributed by atoms with Crippen LogP contribution in [0.25, 0.3) is 0 Å². The first-order chi connectivity index (χ1) is 4.86. The van der Waals surface area contributed by atoms with E-state index in [1.807, 2.05) is 0 Å². The van der Waals surface area contributed by atoms with Crippen molar-refractivity contribution in [3.8, 4) is 0 Å². The van der Waals surface area contributed by atoms with Crippen molar-refractivity contribution in [3.63, 3.8) is 0 Å². The SMILES string of the molecule is NNc1ccnc(NN)n1. The van der Waals surface area contributed by atoms with Crippen LogP contribution in [0.5, 0.6) is 0 Å². The molecule has 0 saturated carbocycles. The van der Waals surface area contributed by atoms with E-state index in [0.29, 0.717) is 11.8 Å². The van der Waals surface area contributed by atoms with E-state index >= 15 is 0 Å². The van der Waals surface area contributed by atoms with E-state index in [-0.39, 0.29) is 0 Å². The minimum absolute atomic E-state index is 0.329. The number of hydrogen-bond donors (Lipinski definition) is 4. The standard InChI is InChI=1S/C4H8N6/c5-9-3-1-2-7-4(8-3)10-6/h1-2H,5-6H2,(H2,7,8,9,10). The van der Waals surface area contributed by atoms with Gasteiger partial charge in [-0.2, -0.15) is 4.98 Å². The van der Waals surface area contributed by atoms with Gasteiger partial charge in [0.2, 0.25) is 5.95 Å². The first-order valence-corrected chi connectivity index (χ1v) is 2.63. The molecule has 6 heteroatoms. The second-order valence-electron chi connectivity index (χ2n) is 1.55. The van der Waals surface area contributed by atoms with Crippen molar-refractivity contribution >= 4 is 11.8 Å². The molecule has 0 atom stereocenters. The Balaban J connectivity index is 2.87. The fraction of sp³-hybridized carbons (Fsp3) is 0. The Morgan fingerprint density at radius 3 is 2.70 bits per heavy atom. The molecule has 1 aromatic heterocycles. The van der Waals surface area contributed by atoms with Crippen LogP contribution < -0.4 is 22.5 Å². The smallest absolute Gasteiger partial charge is 0.239 e. The highest BCUT2D eigenvalue weighted by Crippen LogP contribution is 2.00. The number of hydrogen-bond acceptors (Lipinski definition) is 6. The molecule has 0 aliphatic heterocycles. The summed E-state index contributed by atoms with van der Waals surface area (Å²) in [4.78, 5) is 7.59. The number of anilines is 2. The summed E-state index contributed by atoms with van der Waals surface area (Å²) in [6, 6.07) is 1.63. The lowest BCUT2D eigenvalue weighted by molar-refractivity contribution is 1.10. The number of nitrogens with zero attached hydrogens (tertiary/aromatic N) is 2. The second-order valence-corrected chi connectivity index (χ2v) is 1.55. The third-order valence-corrected chi connectivity index (χ3v) is 0.933. The molecule has 0 aliphatic rings. The lowest BCUT2D eigenvalue weighted by atomic mass is 10.6. The van der Waals surface area contributed by atoms with Gasteiger partial charge in [-0.05, 0) is 0 Å². The highest BCUT2D eigenvalue weighted by Gasteiger charge is 1.92. The summed E-state index contributed by atoms with van der Waals surface area (Å²) in [6.07, 6.45) is 1.54. The molecule has 0 unspecified atom stereocenters. The molecule has 6 nitrogen and oxygen atoms in total. The Labute approximate surface area is 57.6 Å². The maximum Gasteiger partial charge on any atom is 0.239 e. The van der Waals surface area contributed by atoms with Crippen LogP contribution in [-0.2, 0) is 0 Å². The first-order valence-electron chi connectivity index (χ1n) is 2.63. The van der Waals surface area contributed by atoms with Gasteiger partial charge in [0, 0.05) is 12.3 Å². The summed E-state index contributed by atoms with van der Waals surface area (Å²) in [5.41, 5.74) is 4.64. The molecule has 1 aromatic rings. The Morgan fingerprint density at radius 1 is 1.30 bits per heavy atom. The van der Waals surface area contributed by atoms with Gasteiger partial charge in [-0.25, -0.2) is 16.7 Å². The Morgan fingerprint density at radius 2 is 2.10 bits per heavy atom. The quantitative estimate of drug-likeness (QED) is 0.312. The summed E-state index contributed by atoms with van der Waals surface area (Å²) in [5, 5.41) is 0. The van der Waals surface area contributed by atoms with Crippen LogP contribution in [0.2, 0.25) is 0 Å². The number of hydrazine groups is 2. The molecule has 0 saturated heterocycles. The molecule has 0 bridgehead atoms. The molecule has 0 aliphatic carbocycles. The molecule has 0 aromatic carbocycles. The number of rotatable bonds is 2. The third kappa shape index (κ3) is 1.30. The van der Waals surface area contributed by atoms with E-state index in [9.17, 15) is 0 Å². The molecule has 0 radical (unpaired) electrons. The lowest BCUT2D eigenvalue weighted by Gasteiger charge is -1.99. The van der Waals surface area contributed by atoms with Gasteiger partial charge < -0.3 is 5.43 Å². The van der Waals surface area contributed by atoms with Crippen LogP contribution in [0.4, 0.5) is 11.8 Å². The Bertz CT molecular complexity index is 191. The molecule has 0 amide bonds. The maximum absolute atomic E-state index is 5.06. The van der Waals surface area contributed by atoms with Crippen LogP contribution >= 0.6 is 0 Å². The number of nitrogen functional groups attached to an aromatic ring is 2. The van der Waals surface area contributed by atoms with E-state index < -0.39 is 0 Å². The fourth-order valence-electron chi connectivity index (χ4n) is 0.509. The summed E-state index contributed by atoms with van der Waals surface area (Å²) >= 11 is 0. The van der Waals surface area contributed by atoms with Crippen LogP contribution in [-0.4, -0.2) is 9.97 Å². The predicted molar refractivity (Wildman–Crippen MR) is 37.7 cm³/mol. The van der Waals surface area contributed by atoms with Gasteiger partial charge in [0.25, 0.3) is 0 Å². The highest BCUT2D eigenvalue weighted by atomic mass is 15.3. The van der Waals surface area contributed by atoms with Crippen molar-refractivity contribution < 1.29 is 0 Å². The summed E-state index contributed by atoms with van der Waals surface area (Å²) in [5.74, 6) is 10.9. The summed E-state index contributed by atoms with van der Waals surface area (Å²) < 4.78 is 0. The maximum atomic E-state index is 5.06. The Hall–Kier alpha value is -1.40. The van der Waals surface area contributed by atoms with Gasteiger partial charge in [-0.15, -0.1) is 0 Å². The normalized spacial score (nSPS) is 9.00. The lowest BCUT2D eigenvalue weighted by Crippen LogP contribution is -2.13. The summed E-state index contributed by atoms with van der Waals surface area (Å²) in [6.45, 7) is 0. The van der Waals surface area contributed by atoms with E-state index in [2.05, 4.69) is 20.8 Å². The second kappa shape index (κ2) is 2.95. The van der Waals surface area contributed by atoms with Crippen molar-refractivity contribution in [1.29, 1.82) is 0 Å². The average molecular weight is 140 g/mol. The fourth-order valence-corrected chi connectivity index (χ4v) is 0.509. The van der Waals surface area contributed by atoms with Crippen LogP contribution in [0.3, 0.4) is 0 Å². The van der Waals surface area contributed by atoms with Crippen LogP contribution in [0.15, 0.2) is 12.3 Å². The number of nitrogens with two attached hydrogens (primary N) is 2. The van der Waals surface area contributed by atoms with E-state index in [1.54, 1.807) is 6.07 Å². The summed E-state index contributed by atoms with van der Waals surface area (Å²) in [7, 11) is 0. The molecular weight excluding hydrogens is 132 g/mol. The third-order valence-electron chi connectivity index (χ3n) is 0.933. The molecule has 54 valence electrons. The predicted octanol–water partition coefficient (Wildman–Crippen LogP) is -0.952. The zero-order chi connectivity index (χ0) is 7.40. The molecule has 6 N–H and O–H groups in total. The minimum Gasteiger partial charge on any atom is -0.308 e. The van der Waals surface area contributed by atoms with Crippen LogP contribution in [0, 0.1) is 0 Å². The topological polar surface area (TPSA) is 102 Å². The van der Waals surface area contributed by atoms with Gasteiger partial charge >= 0.3 is 0 Å². The number of nitrogens with one attached hydrogen (secondary N) is 2. The number of aromatic nitrogens is 2. The molecule has 1 heterocycles. The van der Waals surface area contributed by atoms with Crippen LogP contribution in [0.1, 0.15) is 0 Å². The first kappa shape index (κ1) is 6.72. The van der Waals surface area contributed by atoms with Gasteiger partial charge in [0.1, 0.15) is 5.82 Å². The largest absolute Gasteiger partial charge is 0.308 e. The molecule has 10 heavy (non-hydrogen) atoms. The molecule has 0 spiro atoms. The zero-order valence-corrected chi connectivity index (χ0v) is 5.20. The molecular formula is C4H8N6. The highest BCUT2D eigenvalue weighted by molar-refractivity contribution is 5.37. The van der Waals surface area contributed by atoms with E-state index in [0.717, 1.165) is 0 Å². The Kier molecular flexibility index (Phi) is 1.98. The van der Waals surface area contributed by atoms with Crippen molar-refractivity contribution in [2.45, 2.75) is 0 Å². The van der Waals surface area contributed by atoms with Gasteiger partial charge in [0.15, 0.2) is 0 Å². The van der Waals surface area contributed by atoms with Gasteiger partial charge in [-0.3, -0.25) is 5.43 Å². The van der Waals surface area contributed by atoms with E-state index in [1.165, 1.54) is 6.20 Å². The van der Waals surface area contributed by atoms with Crippen molar-refractivity contribution in [2.75, 3.05) is 10.9 Å². The molecule has 1 rings (SSSR count). The zero-order valence-electron chi connectivity index (χ0n) is 5.20.